The molecule has 0 unspecified atom stereocenters. The third kappa shape index (κ3) is 7.14. The van der Waals surface area contributed by atoms with E-state index in [-0.39, 0.29) is 19.2 Å². The molecular weight excluding hydrogens is 490 g/mol. The van der Waals surface area contributed by atoms with Gasteiger partial charge in [-0.05, 0) is 62.2 Å². The van der Waals surface area contributed by atoms with E-state index in [0.29, 0.717) is 41.1 Å². The Balaban J connectivity index is 1.59. The minimum Gasteiger partial charge on any atom is -0.475 e. The number of amides is 3. The van der Waals surface area contributed by atoms with Gasteiger partial charge in [-0.25, -0.2) is 19.6 Å². The van der Waals surface area contributed by atoms with E-state index in [9.17, 15) is 14.7 Å². The molecule has 1 aliphatic heterocycles. The number of aryl methyl sites for hydroxylation is 1. The van der Waals surface area contributed by atoms with Crippen LogP contribution in [0.25, 0.3) is 22.4 Å². The Bertz CT molecular complexity index is 1280. The van der Waals surface area contributed by atoms with Crippen LogP contribution >= 0.6 is 0 Å². The van der Waals surface area contributed by atoms with E-state index in [2.05, 4.69) is 41.0 Å². The van der Waals surface area contributed by atoms with E-state index in [1.165, 1.54) is 7.11 Å². The number of anilines is 2. The van der Waals surface area contributed by atoms with Gasteiger partial charge in [-0.15, -0.1) is 0 Å². The maximum atomic E-state index is 12.4. The maximum Gasteiger partial charge on any atom is 0.412 e. The molecule has 0 radical (unpaired) electrons. The predicted molar refractivity (Wildman–Crippen MR) is 142 cm³/mol. The first-order valence-electron chi connectivity index (χ1n) is 12.2. The highest BCUT2D eigenvalue weighted by Gasteiger charge is 2.17. The normalized spacial score (nSPS) is 12.8. The van der Waals surface area contributed by atoms with E-state index in [0.717, 1.165) is 36.3 Å². The van der Waals surface area contributed by atoms with Gasteiger partial charge in [-0.2, -0.15) is 0 Å². The number of pyridine rings is 3. The number of aliphatic hydroxyl groups is 1. The largest absolute Gasteiger partial charge is 0.475 e. The Morgan fingerprint density at radius 1 is 1.13 bits per heavy atom. The molecule has 12 heteroatoms. The molecule has 0 atom stereocenters. The predicted octanol–water partition coefficient (Wildman–Crippen LogP) is 2.79. The summed E-state index contributed by atoms with van der Waals surface area (Å²) in [4.78, 5) is 37.2. The first-order chi connectivity index (χ1) is 18.4. The number of ether oxygens (including phenoxy) is 2. The van der Waals surface area contributed by atoms with Gasteiger partial charge in [-0.3, -0.25) is 10.3 Å². The zero-order valence-corrected chi connectivity index (χ0v) is 21.3. The Kier molecular flexibility index (Phi) is 9.01. The summed E-state index contributed by atoms with van der Waals surface area (Å²) >= 11 is 0. The van der Waals surface area contributed by atoms with Crippen molar-refractivity contribution in [3.05, 3.63) is 48.4 Å². The van der Waals surface area contributed by atoms with E-state index >= 15 is 0 Å². The number of rotatable bonds is 10. The molecule has 1 fully saturated rings. The molecule has 3 aromatic heterocycles. The summed E-state index contributed by atoms with van der Waals surface area (Å²) in [5.41, 5.74) is 4.01. The highest BCUT2D eigenvalue weighted by atomic mass is 16.5. The van der Waals surface area contributed by atoms with Gasteiger partial charge in [0.05, 0.1) is 31.3 Å². The average Bonchev–Trinajstić information content (AvgIpc) is 2.90. The summed E-state index contributed by atoms with van der Waals surface area (Å²) in [6.07, 6.45) is 3.44. The lowest BCUT2D eigenvalue weighted by Crippen LogP contribution is -2.43. The molecule has 0 aliphatic carbocycles. The van der Waals surface area contributed by atoms with Crippen molar-refractivity contribution in [3.8, 4) is 28.3 Å². The number of nitrogens with one attached hydrogen (secondary N) is 4. The van der Waals surface area contributed by atoms with Crippen LogP contribution in [0.3, 0.4) is 0 Å². The van der Waals surface area contributed by atoms with Crippen molar-refractivity contribution in [2.45, 2.75) is 13.3 Å². The van der Waals surface area contributed by atoms with Crippen molar-refractivity contribution in [2.24, 2.45) is 5.92 Å². The SMILES string of the molecule is COC(=O)Nc1cc(-c2cc(-c3cc(NC(=O)NCCC4CNC4)cnc3C)cc(OCCO)n2)ccn1. The third-order valence-electron chi connectivity index (χ3n) is 5.97. The third-order valence-corrected chi connectivity index (χ3v) is 5.97. The second-order valence-corrected chi connectivity index (χ2v) is 8.75. The molecule has 0 bridgehead atoms. The fourth-order valence-electron chi connectivity index (χ4n) is 3.86. The number of methoxy groups -OCH3 is 1. The number of aliphatic hydroxyl groups excluding tert-OH is 1. The lowest BCUT2D eigenvalue weighted by molar-refractivity contribution is 0.187. The number of nitrogens with zero attached hydrogens (tertiary/aromatic N) is 3. The lowest BCUT2D eigenvalue weighted by atomic mass is 10.00. The number of hydrogen-bond donors (Lipinski definition) is 5. The average molecular weight is 522 g/mol. The van der Waals surface area contributed by atoms with Crippen LogP contribution in [0.1, 0.15) is 12.1 Å². The lowest BCUT2D eigenvalue weighted by Gasteiger charge is -2.26. The summed E-state index contributed by atoms with van der Waals surface area (Å²) in [5.74, 6) is 1.20. The quantitative estimate of drug-likeness (QED) is 0.270. The molecule has 200 valence electrons. The zero-order valence-electron chi connectivity index (χ0n) is 21.3. The van der Waals surface area contributed by atoms with Crippen LogP contribution in [0.5, 0.6) is 5.88 Å². The number of carbonyl (C=O) groups is 2. The molecule has 3 amide bonds. The number of carbonyl (C=O) groups excluding carboxylic acids is 2. The molecule has 38 heavy (non-hydrogen) atoms. The van der Waals surface area contributed by atoms with Gasteiger partial charge < -0.3 is 30.5 Å². The van der Waals surface area contributed by atoms with E-state index in [1.54, 1.807) is 30.6 Å². The molecule has 3 aromatic rings. The second kappa shape index (κ2) is 12.8. The van der Waals surface area contributed by atoms with Gasteiger partial charge in [0.2, 0.25) is 5.88 Å². The van der Waals surface area contributed by atoms with Crippen molar-refractivity contribution >= 4 is 23.6 Å². The van der Waals surface area contributed by atoms with E-state index < -0.39 is 6.09 Å². The van der Waals surface area contributed by atoms with Gasteiger partial charge in [0, 0.05) is 35.6 Å². The van der Waals surface area contributed by atoms with Crippen LogP contribution in [-0.4, -0.2) is 72.1 Å². The van der Waals surface area contributed by atoms with Crippen LogP contribution in [0, 0.1) is 12.8 Å². The van der Waals surface area contributed by atoms with Crippen molar-refractivity contribution < 1.29 is 24.2 Å². The highest BCUT2D eigenvalue weighted by Crippen LogP contribution is 2.32. The van der Waals surface area contributed by atoms with E-state index in [1.807, 2.05) is 19.1 Å². The van der Waals surface area contributed by atoms with Crippen LogP contribution < -0.4 is 26.0 Å². The monoisotopic (exact) mass is 521 g/mol. The topological polar surface area (TPSA) is 160 Å². The van der Waals surface area contributed by atoms with Gasteiger partial charge in [0.1, 0.15) is 12.4 Å². The van der Waals surface area contributed by atoms with Crippen molar-refractivity contribution in [1.82, 2.24) is 25.6 Å². The summed E-state index contributed by atoms with van der Waals surface area (Å²) in [5, 5.41) is 20.7. The van der Waals surface area contributed by atoms with Crippen molar-refractivity contribution in [1.29, 1.82) is 0 Å². The summed E-state index contributed by atoms with van der Waals surface area (Å²) < 4.78 is 10.3. The fraction of sp³-hybridized carbons (Fsp3) is 0.346. The number of hydrogen-bond acceptors (Lipinski definition) is 9. The first-order valence-corrected chi connectivity index (χ1v) is 12.2. The molecule has 0 aromatic carbocycles. The molecule has 1 aliphatic rings. The van der Waals surface area contributed by atoms with Crippen LogP contribution in [0.2, 0.25) is 0 Å². The standard InChI is InChI=1S/C26H31N7O5/c1-16-21(12-20(15-30-16)31-25(35)29-5-3-17-13-27-14-17)19-9-22(32-24(11-19)38-8-7-34)18-4-6-28-23(10-18)33-26(36)37-2/h4,6,9-12,15,17,27,34H,3,5,7-8,13-14H2,1-2H3,(H,28,33,36)(H2,29,31,35). The maximum absolute atomic E-state index is 12.4. The molecule has 12 nitrogen and oxygen atoms in total. The van der Waals surface area contributed by atoms with E-state index in [4.69, 9.17) is 4.74 Å². The van der Waals surface area contributed by atoms with Gasteiger partial charge >= 0.3 is 12.1 Å². The van der Waals surface area contributed by atoms with Gasteiger partial charge in [-0.1, -0.05) is 0 Å². The van der Waals surface area contributed by atoms with Crippen molar-refractivity contribution in [2.75, 3.05) is 50.6 Å². The molecule has 4 rings (SSSR count). The summed E-state index contributed by atoms with van der Waals surface area (Å²) in [6, 6.07) is 8.55. The Morgan fingerprint density at radius 3 is 2.71 bits per heavy atom. The fourth-order valence-corrected chi connectivity index (χ4v) is 3.86. The minimum absolute atomic E-state index is 0.0668. The van der Waals surface area contributed by atoms with Crippen LogP contribution in [0.4, 0.5) is 21.1 Å². The zero-order chi connectivity index (χ0) is 26.9. The second-order valence-electron chi connectivity index (χ2n) is 8.75. The highest BCUT2D eigenvalue weighted by molar-refractivity contribution is 5.90. The molecule has 0 saturated carbocycles. The number of aromatic nitrogens is 3. The van der Waals surface area contributed by atoms with Gasteiger partial charge in [0.25, 0.3) is 0 Å². The smallest absolute Gasteiger partial charge is 0.412 e. The molecule has 5 N–H and O–H groups in total. The molecule has 4 heterocycles. The molecular formula is C26H31N7O5. The summed E-state index contributed by atoms with van der Waals surface area (Å²) in [7, 11) is 1.27. The Morgan fingerprint density at radius 2 is 1.97 bits per heavy atom. The molecule has 1 saturated heterocycles. The summed E-state index contributed by atoms with van der Waals surface area (Å²) in [6.45, 7) is 4.35. The minimum atomic E-state index is -0.640. The van der Waals surface area contributed by atoms with Crippen LogP contribution in [0.15, 0.2) is 42.7 Å². The van der Waals surface area contributed by atoms with Crippen LogP contribution in [-0.2, 0) is 4.74 Å². The number of urea groups is 1. The Hall–Kier alpha value is -4.29. The Labute approximate surface area is 220 Å². The molecule has 0 spiro atoms. The van der Waals surface area contributed by atoms with Crippen molar-refractivity contribution in [3.63, 3.8) is 0 Å². The first kappa shape index (κ1) is 26.8. The van der Waals surface area contributed by atoms with Gasteiger partial charge in [0.15, 0.2) is 0 Å².